The maximum Gasteiger partial charge on any atom is 0.261 e. The van der Waals surface area contributed by atoms with Crippen LogP contribution >= 0.6 is 0 Å². The molecule has 0 amide bonds. The minimum atomic E-state index is -1.26. The molecular formula is C10H12N4O5. The topological polar surface area (TPSA) is 133 Å². The van der Waals surface area contributed by atoms with E-state index >= 15 is 0 Å². The zero-order chi connectivity index (χ0) is 13.6. The summed E-state index contributed by atoms with van der Waals surface area (Å²) in [4.78, 5) is 17.9. The summed E-state index contributed by atoms with van der Waals surface area (Å²) in [6.07, 6.45) is -1.88. The summed E-state index contributed by atoms with van der Waals surface area (Å²) in [7, 11) is 0. The van der Waals surface area contributed by atoms with E-state index in [1.807, 2.05) is 0 Å². The third kappa shape index (κ3) is 1.75. The number of H-pyrrole nitrogens is 1. The Labute approximate surface area is 106 Å². The van der Waals surface area contributed by atoms with Gasteiger partial charge in [-0.3, -0.25) is 4.79 Å². The van der Waals surface area contributed by atoms with E-state index in [-0.39, 0.29) is 16.6 Å². The van der Waals surface area contributed by atoms with E-state index < -0.39 is 31.1 Å². The fourth-order valence-corrected chi connectivity index (χ4v) is 2.14. The van der Waals surface area contributed by atoms with Crippen molar-refractivity contribution >= 4 is 11.0 Å². The number of rotatable bonds is 2. The molecule has 0 aromatic carbocycles. The van der Waals surface area contributed by atoms with E-state index in [1.165, 1.54) is 17.2 Å². The lowest BCUT2D eigenvalue weighted by atomic mass is 10.1. The number of aromatic nitrogens is 4. The molecule has 9 nitrogen and oxygen atoms in total. The molecule has 1 aliphatic heterocycles. The summed E-state index contributed by atoms with van der Waals surface area (Å²) in [5.41, 5.74) is -0.124. The first-order valence-electron chi connectivity index (χ1n) is 5.67. The highest BCUT2D eigenvalue weighted by Crippen LogP contribution is 2.30. The predicted molar refractivity (Wildman–Crippen MR) is 61.2 cm³/mol. The third-order valence-electron chi connectivity index (χ3n) is 3.15. The molecule has 4 N–H and O–H groups in total. The first-order valence-corrected chi connectivity index (χ1v) is 5.67. The Morgan fingerprint density at radius 3 is 2.89 bits per heavy atom. The lowest BCUT2D eigenvalue weighted by Crippen LogP contribution is -2.33. The third-order valence-corrected chi connectivity index (χ3v) is 3.15. The van der Waals surface area contributed by atoms with Gasteiger partial charge in [-0.2, -0.15) is 5.10 Å². The van der Waals surface area contributed by atoms with E-state index in [2.05, 4.69) is 15.1 Å². The van der Waals surface area contributed by atoms with Gasteiger partial charge in [0.25, 0.3) is 5.56 Å². The number of hydrogen-bond donors (Lipinski definition) is 4. The smallest absolute Gasteiger partial charge is 0.261 e. The van der Waals surface area contributed by atoms with Gasteiger partial charge in [0.15, 0.2) is 11.9 Å². The van der Waals surface area contributed by atoms with Crippen molar-refractivity contribution in [2.75, 3.05) is 6.61 Å². The molecule has 1 fully saturated rings. The molecular weight excluding hydrogens is 256 g/mol. The Morgan fingerprint density at radius 1 is 1.42 bits per heavy atom. The van der Waals surface area contributed by atoms with Crippen LogP contribution in [-0.2, 0) is 4.74 Å². The molecule has 102 valence electrons. The number of hydrogen-bond acceptors (Lipinski definition) is 7. The molecule has 3 heterocycles. The molecule has 1 saturated heterocycles. The lowest BCUT2D eigenvalue weighted by Gasteiger charge is -2.15. The zero-order valence-corrected chi connectivity index (χ0v) is 9.67. The van der Waals surface area contributed by atoms with Gasteiger partial charge in [-0.1, -0.05) is 0 Å². The van der Waals surface area contributed by atoms with Crippen LogP contribution in [0.5, 0.6) is 0 Å². The molecule has 2 aromatic rings. The molecule has 0 radical (unpaired) electrons. The van der Waals surface area contributed by atoms with Gasteiger partial charge in [0.05, 0.1) is 19.1 Å². The molecule has 0 bridgehead atoms. The van der Waals surface area contributed by atoms with Crippen molar-refractivity contribution in [1.82, 2.24) is 19.7 Å². The minimum absolute atomic E-state index is 0.235. The van der Waals surface area contributed by atoms with Crippen LogP contribution in [-0.4, -0.2) is 60.0 Å². The van der Waals surface area contributed by atoms with Crippen molar-refractivity contribution in [1.29, 1.82) is 0 Å². The maximum absolute atomic E-state index is 11.5. The van der Waals surface area contributed by atoms with Crippen molar-refractivity contribution in [3.05, 3.63) is 22.9 Å². The summed E-state index contributed by atoms with van der Waals surface area (Å²) in [5.74, 6) is 0. The van der Waals surface area contributed by atoms with E-state index in [4.69, 9.17) is 9.84 Å². The Balaban J connectivity index is 2.06. The molecule has 3 rings (SSSR count). The van der Waals surface area contributed by atoms with Crippen molar-refractivity contribution in [2.24, 2.45) is 0 Å². The molecule has 9 heteroatoms. The van der Waals surface area contributed by atoms with Gasteiger partial charge >= 0.3 is 0 Å². The summed E-state index contributed by atoms with van der Waals surface area (Å²) >= 11 is 0. The van der Waals surface area contributed by atoms with Gasteiger partial charge in [-0.05, 0) is 0 Å². The van der Waals surface area contributed by atoms with Crippen LogP contribution < -0.4 is 5.56 Å². The van der Waals surface area contributed by atoms with Gasteiger partial charge in [0, 0.05) is 0 Å². The highest BCUT2D eigenvalue weighted by molar-refractivity contribution is 5.72. The Kier molecular flexibility index (Phi) is 2.82. The number of aromatic amines is 1. The van der Waals surface area contributed by atoms with Crippen LogP contribution in [0.25, 0.3) is 11.0 Å². The molecule has 0 spiro atoms. The van der Waals surface area contributed by atoms with Crippen LogP contribution in [0.15, 0.2) is 17.3 Å². The second-order valence-corrected chi connectivity index (χ2v) is 4.29. The highest BCUT2D eigenvalue weighted by Gasteiger charge is 2.44. The van der Waals surface area contributed by atoms with Crippen LogP contribution in [0.1, 0.15) is 6.23 Å². The predicted octanol–water partition coefficient (Wildman–Crippen LogP) is -2.27. The quantitative estimate of drug-likeness (QED) is 0.482. The molecule has 1 unspecified atom stereocenters. The number of aliphatic hydroxyl groups excluding tert-OH is 3. The lowest BCUT2D eigenvalue weighted by molar-refractivity contribution is -0.0566. The first-order chi connectivity index (χ1) is 9.13. The average Bonchev–Trinajstić information content (AvgIpc) is 2.94. The van der Waals surface area contributed by atoms with Gasteiger partial charge in [-0.15, -0.1) is 0 Å². The van der Waals surface area contributed by atoms with Crippen LogP contribution in [0.2, 0.25) is 0 Å². The number of ether oxygens (including phenoxy) is 1. The fourth-order valence-electron chi connectivity index (χ4n) is 2.14. The molecule has 4 atom stereocenters. The number of nitrogens with zero attached hydrogens (tertiary/aromatic N) is 3. The van der Waals surface area contributed by atoms with E-state index in [9.17, 15) is 15.0 Å². The fraction of sp³-hybridized carbons (Fsp3) is 0.500. The van der Waals surface area contributed by atoms with Crippen LogP contribution in [0.4, 0.5) is 0 Å². The molecule has 19 heavy (non-hydrogen) atoms. The van der Waals surface area contributed by atoms with Gasteiger partial charge < -0.3 is 25.0 Å². The first kappa shape index (κ1) is 12.2. The number of aliphatic hydroxyl groups is 3. The summed E-state index contributed by atoms with van der Waals surface area (Å²) < 4.78 is 6.54. The monoisotopic (exact) mass is 268 g/mol. The van der Waals surface area contributed by atoms with Gasteiger partial charge in [0.2, 0.25) is 0 Å². The second-order valence-electron chi connectivity index (χ2n) is 4.29. The standard InChI is InChI=1S/C10H12N4O5/c15-2-5-6(16)7(17)10(19-5)14-8-4(1-13-14)9(18)12-3-11-8/h1,3,5-7,10,15-17H,2H2,(H,11,12,18)/t5-,6+,7?,10-/m1/s1. The Hall–Kier alpha value is -1.81. The minimum Gasteiger partial charge on any atom is -0.394 e. The largest absolute Gasteiger partial charge is 0.394 e. The summed E-state index contributed by atoms with van der Waals surface area (Å²) in [6, 6.07) is 0. The van der Waals surface area contributed by atoms with Gasteiger partial charge in [0.1, 0.15) is 23.7 Å². The molecule has 0 saturated carbocycles. The highest BCUT2D eigenvalue weighted by atomic mass is 16.6. The van der Waals surface area contributed by atoms with Crippen molar-refractivity contribution in [3.63, 3.8) is 0 Å². The van der Waals surface area contributed by atoms with E-state index in [1.54, 1.807) is 0 Å². The maximum atomic E-state index is 11.5. The normalized spacial score (nSPS) is 31.1. The number of fused-ring (bicyclic) bond motifs is 1. The molecule has 1 aliphatic rings. The Morgan fingerprint density at radius 2 is 2.21 bits per heavy atom. The molecule has 2 aromatic heterocycles. The molecule has 0 aliphatic carbocycles. The van der Waals surface area contributed by atoms with Gasteiger partial charge in [-0.25, -0.2) is 9.67 Å². The summed E-state index contributed by atoms with van der Waals surface area (Å²) in [5, 5.41) is 32.8. The van der Waals surface area contributed by atoms with Crippen molar-refractivity contribution in [3.8, 4) is 0 Å². The number of nitrogens with one attached hydrogen (secondary N) is 1. The van der Waals surface area contributed by atoms with E-state index in [0.717, 1.165) is 0 Å². The average molecular weight is 268 g/mol. The van der Waals surface area contributed by atoms with Crippen LogP contribution in [0, 0.1) is 0 Å². The summed E-state index contributed by atoms with van der Waals surface area (Å²) in [6.45, 7) is -0.429. The van der Waals surface area contributed by atoms with Crippen molar-refractivity contribution < 1.29 is 20.1 Å². The van der Waals surface area contributed by atoms with E-state index in [0.29, 0.717) is 0 Å². The zero-order valence-electron chi connectivity index (χ0n) is 9.67. The van der Waals surface area contributed by atoms with Crippen LogP contribution in [0.3, 0.4) is 0 Å². The Bertz CT molecular complexity index is 653. The second kappa shape index (κ2) is 4.38. The van der Waals surface area contributed by atoms with Crippen molar-refractivity contribution in [2.45, 2.75) is 24.5 Å². The SMILES string of the molecule is O=c1[nH]cnc2c1cnn2[C@@H]1O[C@H](CO)[C@H](O)C1O.